The first-order valence-electron chi connectivity index (χ1n) is 7.39. The SMILES string of the molecule is Cc1ccc(Br)cc1NC(=O)CCNC(=O)[C@@H](N)CC(C)C.Cl. The Labute approximate surface area is 152 Å². The first-order valence-corrected chi connectivity index (χ1v) is 8.18. The molecule has 2 amide bonds. The van der Waals surface area contributed by atoms with E-state index in [1.807, 2.05) is 39.0 Å². The maximum atomic E-state index is 11.9. The minimum absolute atomic E-state index is 0. The number of halogens is 2. The van der Waals surface area contributed by atoms with E-state index in [9.17, 15) is 9.59 Å². The molecule has 0 heterocycles. The molecule has 0 aromatic heterocycles. The van der Waals surface area contributed by atoms with Crippen molar-refractivity contribution in [2.75, 3.05) is 11.9 Å². The van der Waals surface area contributed by atoms with Crippen molar-refractivity contribution >= 4 is 45.8 Å². The molecule has 0 saturated carbocycles. The maximum Gasteiger partial charge on any atom is 0.236 e. The summed E-state index contributed by atoms with van der Waals surface area (Å²) in [6.45, 7) is 6.24. The molecule has 0 aliphatic rings. The second-order valence-electron chi connectivity index (χ2n) is 5.78. The van der Waals surface area contributed by atoms with Crippen LogP contribution in [-0.4, -0.2) is 24.4 Å². The molecule has 1 atom stereocenters. The fourth-order valence-corrected chi connectivity index (χ4v) is 2.35. The van der Waals surface area contributed by atoms with Gasteiger partial charge in [0.25, 0.3) is 0 Å². The molecule has 1 aromatic rings. The van der Waals surface area contributed by atoms with Gasteiger partial charge in [-0.3, -0.25) is 9.59 Å². The minimum Gasteiger partial charge on any atom is -0.354 e. The van der Waals surface area contributed by atoms with Gasteiger partial charge in [-0.05, 0) is 37.0 Å². The maximum absolute atomic E-state index is 11.9. The van der Waals surface area contributed by atoms with Gasteiger partial charge in [-0.15, -0.1) is 12.4 Å². The van der Waals surface area contributed by atoms with Crippen LogP contribution in [0.1, 0.15) is 32.3 Å². The molecule has 1 aromatic carbocycles. The van der Waals surface area contributed by atoms with Crippen molar-refractivity contribution in [1.82, 2.24) is 5.32 Å². The Kier molecular flexibility index (Phi) is 10.1. The van der Waals surface area contributed by atoms with Crippen molar-refractivity contribution in [3.63, 3.8) is 0 Å². The van der Waals surface area contributed by atoms with Crippen molar-refractivity contribution in [2.45, 2.75) is 39.7 Å². The Morgan fingerprint density at radius 2 is 1.96 bits per heavy atom. The Morgan fingerprint density at radius 3 is 2.57 bits per heavy atom. The van der Waals surface area contributed by atoms with Crippen LogP contribution in [0.15, 0.2) is 22.7 Å². The van der Waals surface area contributed by atoms with Crippen molar-refractivity contribution < 1.29 is 9.59 Å². The lowest BCUT2D eigenvalue weighted by atomic mass is 10.0. The monoisotopic (exact) mass is 405 g/mol. The van der Waals surface area contributed by atoms with E-state index in [4.69, 9.17) is 5.73 Å². The van der Waals surface area contributed by atoms with Gasteiger partial charge in [0.05, 0.1) is 6.04 Å². The molecule has 7 heteroatoms. The molecule has 0 saturated heterocycles. The standard InChI is InChI=1S/C16H24BrN3O2.ClH/c1-10(2)8-13(18)16(22)19-7-6-15(21)20-14-9-12(17)5-4-11(14)3;/h4-5,9-10,13H,6-8,18H2,1-3H3,(H,19,22)(H,20,21);1H/t13-;/m0./s1. The number of aryl methyl sites for hydroxylation is 1. The largest absolute Gasteiger partial charge is 0.354 e. The van der Waals surface area contributed by atoms with Crippen molar-refractivity contribution in [3.05, 3.63) is 28.2 Å². The van der Waals surface area contributed by atoms with Gasteiger partial charge in [0.15, 0.2) is 0 Å². The van der Waals surface area contributed by atoms with Crippen LogP contribution in [0.2, 0.25) is 0 Å². The molecule has 0 spiro atoms. The summed E-state index contributed by atoms with van der Waals surface area (Å²) in [7, 11) is 0. The normalized spacial score (nSPS) is 11.6. The smallest absolute Gasteiger partial charge is 0.236 e. The second kappa shape index (κ2) is 10.6. The molecule has 0 radical (unpaired) electrons. The summed E-state index contributed by atoms with van der Waals surface area (Å²) in [5, 5.41) is 5.53. The van der Waals surface area contributed by atoms with E-state index in [0.717, 1.165) is 15.7 Å². The number of hydrogen-bond donors (Lipinski definition) is 3. The highest BCUT2D eigenvalue weighted by molar-refractivity contribution is 9.10. The van der Waals surface area contributed by atoms with E-state index >= 15 is 0 Å². The third kappa shape index (κ3) is 8.34. The van der Waals surface area contributed by atoms with Crippen molar-refractivity contribution in [3.8, 4) is 0 Å². The predicted octanol–water partition coefficient (Wildman–Crippen LogP) is 3.00. The lowest BCUT2D eigenvalue weighted by molar-refractivity contribution is -0.122. The molecule has 5 nitrogen and oxygen atoms in total. The lowest BCUT2D eigenvalue weighted by Gasteiger charge is -2.14. The Morgan fingerprint density at radius 1 is 1.30 bits per heavy atom. The van der Waals surface area contributed by atoms with Crippen molar-refractivity contribution in [2.24, 2.45) is 11.7 Å². The third-order valence-electron chi connectivity index (χ3n) is 3.19. The first-order chi connectivity index (χ1) is 10.3. The highest BCUT2D eigenvalue weighted by Crippen LogP contribution is 2.20. The number of rotatable bonds is 7. The highest BCUT2D eigenvalue weighted by atomic mass is 79.9. The van der Waals surface area contributed by atoms with Gasteiger partial charge in [0.1, 0.15) is 0 Å². The summed E-state index contributed by atoms with van der Waals surface area (Å²) >= 11 is 3.37. The number of nitrogens with two attached hydrogens (primary N) is 1. The summed E-state index contributed by atoms with van der Waals surface area (Å²) in [6, 6.07) is 5.17. The fourth-order valence-electron chi connectivity index (χ4n) is 1.99. The first kappa shape index (κ1) is 21.9. The number of carbonyl (C=O) groups excluding carboxylic acids is 2. The molecule has 130 valence electrons. The van der Waals surface area contributed by atoms with Crippen LogP contribution in [0, 0.1) is 12.8 Å². The number of benzene rings is 1. The highest BCUT2D eigenvalue weighted by Gasteiger charge is 2.14. The number of hydrogen-bond acceptors (Lipinski definition) is 3. The molecule has 0 aliphatic carbocycles. The molecule has 0 unspecified atom stereocenters. The zero-order valence-electron chi connectivity index (χ0n) is 13.7. The molecule has 4 N–H and O–H groups in total. The lowest BCUT2D eigenvalue weighted by Crippen LogP contribution is -2.42. The molecule has 0 aliphatic heterocycles. The molecule has 23 heavy (non-hydrogen) atoms. The van der Waals surface area contributed by atoms with E-state index in [1.54, 1.807) is 0 Å². The molecule has 1 rings (SSSR count). The fraction of sp³-hybridized carbons (Fsp3) is 0.500. The Hall–Kier alpha value is -1.11. The van der Waals surface area contributed by atoms with E-state index < -0.39 is 6.04 Å². The van der Waals surface area contributed by atoms with Crippen LogP contribution in [0.4, 0.5) is 5.69 Å². The van der Waals surface area contributed by atoms with Gasteiger partial charge in [-0.1, -0.05) is 35.8 Å². The Balaban J connectivity index is 0.00000484. The minimum atomic E-state index is -0.518. The number of nitrogens with one attached hydrogen (secondary N) is 2. The van der Waals surface area contributed by atoms with E-state index in [-0.39, 0.29) is 37.2 Å². The van der Waals surface area contributed by atoms with Crippen LogP contribution in [0.25, 0.3) is 0 Å². The van der Waals surface area contributed by atoms with Crippen LogP contribution in [0.5, 0.6) is 0 Å². The van der Waals surface area contributed by atoms with Gasteiger partial charge in [0.2, 0.25) is 11.8 Å². The molecule has 0 fully saturated rings. The summed E-state index contributed by atoms with van der Waals surface area (Å²) in [6.07, 6.45) is 0.849. The van der Waals surface area contributed by atoms with E-state index in [0.29, 0.717) is 12.3 Å². The number of carbonyl (C=O) groups is 2. The summed E-state index contributed by atoms with van der Waals surface area (Å²) in [5.41, 5.74) is 7.53. The van der Waals surface area contributed by atoms with E-state index in [2.05, 4.69) is 26.6 Å². The van der Waals surface area contributed by atoms with Gasteiger partial charge in [-0.25, -0.2) is 0 Å². The average molecular weight is 407 g/mol. The predicted molar refractivity (Wildman–Crippen MR) is 99.8 cm³/mol. The van der Waals surface area contributed by atoms with Gasteiger partial charge in [-0.2, -0.15) is 0 Å². The topological polar surface area (TPSA) is 84.2 Å². The van der Waals surface area contributed by atoms with Crippen molar-refractivity contribution in [1.29, 1.82) is 0 Å². The zero-order valence-corrected chi connectivity index (χ0v) is 16.1. The molecular formula is C16H25BrClN3O2. The summed E-state index contributed by atoms with van der Waals surface area (Å²) in [4.78, 5) is 23.6. The van der Waals surface area contributed by atoms with Crippen LogP contribution < -0.4 is 16.4 Å². The van der Waals surface area contributed by atoms with Gasteiger partial charge in [0, 0.05) is 23.1 Å². The Bertz CT molecular complexity index is 538. The number of anilines is 1. The van der Waals surface area contributed by atoms with Crippen LogP contribution in [0.3, 0.4) is 0 Å². The zero-order chi connectivity index (χ0) is 16.7. The summed E-state index contributed by atoms with van der Waals surface area (Å²) in [5.74, 6) is 0.0163. The van der Waals surface area contributed by atoms with Crippen LogP contribution in [-0.2, 0) is 9.59 Å². The molecule has 0 bridgehead atoms. The van der Waals surface area contributed by atoms with Gasteiger partial charge < -0.3 is 16.4 Å². The number of amides is 2. The second-order valence-corrected chi connectivity index (χ2v) is 6.70. The van der Waals surface area contributed by atoms with Gasteiger partial charge >= 0.3 is 0 Å². The van der Waals surface area contributed by atoms with E-state index in [1.165, 1.54) is 0 Å². The van der Waals surface area contributed by atoms with Crippen LogP contribution >= 0.6 is 28.3 Å². The average Bonchev–Trinajstić information content (AvgIpc) is 2.42. The summed E-state index contributed by atoms with van der Waals surface area (Å²) < 4.78 is 0.904. The third-order valence-corrected chi connectivity index (χ3v) is 3.68. The quantitative estimate of drug-likeness (QED) is 0.651. The molecular weight excluding hydrogens is 382 g/mol.